The third-order valence-corrected chi connectivity index (χ3v) is 2.59. The molecule has 1 rings (SSSR count). The molecule has 1 aromatic rings. The van der Waals surface area contributed by atoms with Crippen molar-refractivity contribution in [2.45, 2.75) is 13.3 Å². The van der Waals surface area contributed by atoms with Crippen LogP contribution in [0.4, 0.5) is 11.5 Å². The van der Waals surface area contributed by atoms with Crippen LogP contribution in [0.5, 0.6) is 0 Å². The molecule has 1 heterocycles. The summed E-state index contributed by atoms with van der Waals surface area (Å²) in [6.45, 7) is 4.77. The maximum atomic E-state index is 11.8. The molecule has 23 heavy (non-hydrogen) atoms. The maximum absolute atomic E-state index is 11.8. The molecule has 0 aliphatic heterocycles. The van der Waals surface area contributed by atoms with Crippen LogP contribution in [0.2, 0.25) is 0 Å². The number of nitrogens with one attached hydrogen (secondary N) is 1. The quantitative estimate of drug-likeness (QED) is 0.427. The largest absolute Gasteiger partial charge is 0.466 e. The lowest BCUT2D eigenvalue weighted by Gasteiger charge is -2.20. The van der Waals surface area contributed by atoms with E-state index >= 15 is 0 Å². The van der Waals surface area contributed by atoms with E-state index in [1.165, 1.54) is 18.3 Å². The Balaban J connectivity index is 2.97. The van der Waals surface area contributed by atoms with E-state index < -0.39 is 24.2 Å². The van der Waals surface area contributed by atoms with Gasteiger partial charge in [0.05, 0.1) is 18.8 Å². The summed E-state index contributed by atoms with van der Waals surface area (Å²) in [6.07, 6.45) is 3.52. The molecule has 0 spiro atoms. The van der Waals surface area contributed by atoms with E-state index in [4.69, 9.17) is 0 Å². The molecule has 0 unspecified atom stereocenters. The third kappa shape index (κ3) is 5.34. The number of esters is 1. The summed E-state index contributed by atoms with van der Waals surface area (Å²) in [5, 5.41) is 2.46. The van der Waals surface area contributed by atoms with E-state index in [2.05, 4.69) is 21.6 Å². The highest BCUT2D eigenvalue weighted by atomic mass is 16.5. The van der Waals surface area contributed by atoms with Gasteiger partial charge in [0.1, 0.15) is 6.42 Å². The number of carbonyl (C=O) groups is 3. The molecule has 0 saturated carbocycles. The number of amides is 2. The summed E-state index contributed by atoms with van der Waals surface area (Å²) in [5.74, 6) is -1.82. The average Bonchev–Trinajstić information content (AvgIpc) is 2.52. The molecule has 0 aromatic carbocycles. The van der Waals surface area contributed by atoms with Crippen LogP contribution >= 0.6 is 0 Å². The molecule has 2 amide bonds. The first-order valence-corrected chi connectivity index (χ1v) is 6.72. The predicted molar refractivity (Wildman–Crippen MR) is 82.4 cm³/mol. The van der Waals surface area contributed by atoms with Crippen molar-refractivity contribution in [3.05, 3.63) is 31.0 Å². The molecule has 0 saturated heterocycles. The van der Waals surface area contributed by atoms with Gasteiger partial charge in [0.25, 0.3) is 5.91 Å². The topological polar surface area (TPSA) is 106 Å². The number of rotatable bonds is 8. The van der Waals surface area contributed by atoms with Gasteiger partial charge >= 0.3 is 5.97 Å². The highest BCUT2D eigenvalue weighted by Crippen LogP contribution is 2.23. The Kier molecular flexibility index (Phi) is 7.12. The molecule has 0 fully saturated rings. The van der Waals surface area contributed by atoms with Gasteiger partial charge in [0, 0.05) is 6.20 Å². The van der Waals surface area contributed by atoms with Crippen molar-refractivity contribution >= 4 is 35.6 Å². The van der Waals surface area contributed by atoms with Crippen LogP contribution in [0.15, 0.2) is 31.0 Å². The van der Waals surface area contributed by atoms with Crippen molar-refractivity contribution in [2.75, 3.05) is 23.4 Å². The lowest BCUT2D eigenvalue weighted by Crippen LogP contribution is -2.33. The summed E-state index contributed by atoms with van der Waals surface area (Å²) in [7, 11) is 0. The summed E-state index contributed by atoms with van der Waals surface area (Å²) >= 11 is 0. The number of anilines is 2. The lowest BCUT2D eigenvalue weighted by atomic mass is 10.3. The summed E-state index contributed by atoms with van der Waals surface area (Å²) in [5.41, 5.74) is 0.173. The number of aromatic nitrogens is 1. The van der Waals surface area contributed by atoms with Gasteiger partial charge in [0.2, 0.25) is 12.2 Å². The SMILES string of the molecule is C=CC(=O)N(C[C]=O)c1ncccc1NC(=O)CC(=O)OCC. The highest BCUT2D eigenvalue weighted by Gasteiger charge is 2.20. The van der Waals surface area contributed by atoms with E-state index in [-0.39, 0.29) is 24.7 Å². The van der Waals surface area contributed by atoms with Crippen molar-refractivity contribution in [2.24, 2.45) is 0 Å². The minimum atomic E-state index is -0.671. The first kappa shape index (κ1) is 18.0. The summed E-state index contributed by atoms with van der Waals surface area (Å²) in [4.78, 5) is 50.5. The van der Waals surface area contributed by atoms with Crippen LogP contribution in [0.25, 0.3) is 0 Å². The number of hydrogen-bond donors (Lipinski definition) is 1. The molecule has 0 aliphatic rings. The molecule has 8 nitrogen and oxygen atoms in total. The molecule has 1 aromatic heterocycles. The van der Waals surface area contributed by atoms with E-state index in [0.29, 0.717) is 0 Å². The minimum Gasteiger partial charge on any atom is -0.466 e. The van der Waals surface area contributed by atoms with Crippen molar-refractivity contribution in [1.82, 2.24) is 4.98 Å². The van der Waals surface area contributed by atoms with Gasteiger partial charge in [-0.25, -0.2) is 4.98 Å². The molecule has 0 atom stereocenters. The number of hydrogen-bond acceptors (Lipinski definition) is 6. The fourth-order valence-corrected chi connectivity index (χ4v) is 1.68. The Labute approximate surface area is 133 Å². The van der Waals surface area contributed by atoms with Crippen molar-refractivity contribution in [3.63, 3.8) is 0 Å². The van der Waals surface area contributed by atoms with E-state index in [0.717, 1.165) is 11.0 Å². The first-order valence-electron chi connectivity index (χ1n) is 6.72. The van der Waals surface area contributed by atoms with Gasteiger partial charge in [0.15, 0.2) is 5.82 Å². The Morgan fingerprint density at radius 1 is 1.48 bits per heavy atom. The zero-order chi connectivity index (χ0) is 17.2. The van der Waals surface area contributed by atoms with Gasteiger partial charge in [-0.05, 0) is 25.1 Å². The molecular weight excluding hydrogens is 302 g/mol. The zero-order valence-corrected chi connectivity index (χ0v) is 12.6. The molecule has 8 heteroatoms. The Hall–Kier alpha value is -3.03. The van der Waals surface area contributed by atoms with Crippen LogP contribution in [0, 0.1) is 0 Å². The standard InChI is InChI=1S/C15H16N3O5/c1-3-13(21)18(8-9-19)15-11(6-5-7-16-15)17-12(20)10-14(22)23-4-2/h3,5-7H,1,4,8,10H2,2H3,(H,17,20). The van der Waals surface area contributed by atoms with Crippen molar-refractivity contribution < 1.29 is 23.9 Å². The average molecular weight is 318 g/mol. The Morgan fingerprint density at radius 2 is 2.22 bits per heavy atom. The lowest BCUT2D eigenvalue weighted by molar-refractivity contribution is -0.145. The van der Waals surface area contributed by atoms with Gasteiger partial charge < -0.3 is 10.1 Å². The fourth-order valence-electron chi connectivity index (χ4n) is 1.68. The van der Waals surface area contributed by atoms with Crippen molar-refractivity contribution in [3.8, 4) is 0 Å². The van der Waals surface area contributed by atoms with Gasteiger partial charge in [-0.3, -0.25) is 24.1 Å². The van der Waals surface area contributed by atoms with E-state index in [1.54, 1.807) is 13.2 Å². The second kappa shape index (κ2) is 9.08. The number of ether oxygens (including phenoxy) is 1. The number of pyridine rings is 1. The van der Waals surface area contributed by atoms with Crippen LogP contribution in [-0.4, -0.2) is 42.2 Å². The second-order valence-corrected chi connectivity index (χ2v) is 4.18. The summed E-state index contributed by atoms with van der Waals surface area (Å²) in [6, 6.07) is 3.02. The van der Waals surface area contributed by atoms with Gasteiger partial charge in [-0.1, -0.05) is 6.58 Å². The summed E-state index contributed by atoms with van der Waals surface area (Å²) < 4.78 is 4.68. The van der Waals surface area contributed by atoms with Crippen LogP contribution in [0.1, 0.15) is 13.3 Å². The zero-order valence-electron chi connectivity index (χ0n) is 12.6. The maximum Gasteiger partial charge on any atom is 0.315 e. The first-order chi connectivity index (χ1) is 11.0. The number of nitrogens with zero attached hydrogens (tertiary/aromatic N) is 2. The molecule has 121 valence electrons. The van der Waals surface area contributed by atoms with E-state index in [1.807, 2.05) is 0 Å². The molecule has 0 aliphatic carbocycles. The molecule has 1 N–H and O–H groups in total. The third-order valence-electron chi connectivity index (χ3n) is 2.59. The smallest absolute Gasteiger partial charge is 0.315 e. The molecular formula is C15H16N3O5. The molecule has 0 bridgehead atoms. The molecule has 1 radical (unpaired) electrons. The highest BCUT2D eigenvalue weighted by molar-refractivity contribution is 6.07. The van der Waals surface area contributed by atoms with Crippen LogP contribution in [0.3, 0.4) is 0 Å². The monoisotopic (exact) mass is 318 g/mol. The van der Waals surface area contributed by atoms with E-state index in [9.17, 15) is 19.2 Å². The second-order valence-electron chi connectivity index (χ2n) is 4.18. The minimum absolute atomic E-state index is 0.0537. The fraction of sp³-hybridized carbons (Fsp3) is 0.267. The number of carbonyl (C=O) groups excluding carboxylic acids is 4. The Morgan fingerprint density at radius 3 is 2.83 bits per heavy atom. The normalized spacial score (nSPS) is 9.61. The van der Waals surface area contributed by atoms with Gasteiger partial charge in [-0.15, -0.1) is 0 Å². The Bertz CT molecular complexity index is 615. The van der Waals surface area contributed by atoms with Crippen LogP contribution in [-0.2, 0) is 23.9 Å². The van der Waals surface area contributed by atoms with Crippen LogP contribution < -0.4 is 10.2 Å². The van der Waals surface area contributed by atoms with Crippen molar-refractivity contribution in [1.29, 1.82) is 0 Å². The van der Waals surface area contributed by atoms with Gasteiger partial charge in [-0.2, -0.15) is 0 Å². The predicted octanol–water partition coefficient (Wildman–Crippen LogP) is 0.602.